The number of benzene rings is 1. The molecule has 0 aromatic heterocycles. The van der Waals surface area contributed by atoms with E-state index in [0.717, 1.165) is 31.2 Å². The van der Waals surface area contributed by atoms with Gasteiger partial charge in [-0.1, -0.05) is 24.3 Å². The third kappa shape index (κ3) is 5.43. The van der Waals surface area contributed by atoms with E-state index in [2.05, 4.69) is 17.5 Å². The molecule has 1 unspecified atom stereocenters. The molecule has 1 aromatic carbocycles. The van der Waals surface area contributed by atoms with Crippen LogP contribution in [0.1, 0.15) is 44.2 Å². The number of allylic oxidation sites excluding steroid dienone is 2. The Kier molecular flexibility index (Phi) is 6.20. The largest absolute Gasteiger partial charge is 0.482 e. The maximum atomic E-state index is 12.4. The quantitative estimate of drug-likeness (QED) is 0.791. The topological polar surface area (TPSA) is 75.6 Å². The smallest absolute Gasteiger partial charge is 0.341 e. The van der Waals surface area contributed by atoms with E-state index < -0.39 is 5.97 Å². The van der Waals surface area contributed by atoms with Gasteiger partial charge in [-0.3, -0.25) is 4.79 Å². The summed E-state index contributed by atoms with van der Waals surface area (Å²) in [5.41, 5.74) is 0.966. The fourth-order valence-corrected chi connectivity index (χ4v) is 2.65. The number of hydrogen-bond donors (Lipinski definition) is 2. The predicted octanol–water partition coefficient (Wildman–Crippen LogP) is 3.07. The van der Waals surface area contributed by atoms with Crippen molar-refractivity contribution in [2.45, 2.75) is 38.6 Å². The van der Waals surface area contributed by atoms with Crippen LogP contribution in [-0.4, -0.2) is 23.6 Å². The Hall–Kier alpha value is -2.30. The summed E-state index contributed by atoms with van der Waals surface area (Å²) in [4.78, 5) is 22.8. The Balaban J connectivity index is 1.88. The number of nitrogens with one attached hydrogen (secondary N) is 1. The predicted molar refractivity (Wildman–Crippen MR) is 87.2 cm³/mol. The molecule has 0 heterocycles. The van der Waals surface area contributed by atoms with Crippen LogP contribution in [0.3, 0.4) is 0 Å². The summed E-state index contributed by atoms with van der Waals surface area (Å²) in [6.07, 6.45) is 8.01. The van der Waals surface area contributed by atoms with Gasteiger partial charge in [0.1, 0.15) is 5.75 Å². The van der Waals surface area contributed by atoms with Crippen LogP contribution in [0.2, 0.25) is 0 Å². The number of rotatable bonds is 6. The van der Waals surface area contributed by atoms with Crippen molar-refractivity contribution in [3.05, 3.63) is 42.0 Å². The second-order valence-corrected chi connectivity index (χ2v) is 5.80. The van der Waals surface area contributed by atoms with Crippen LogP contribution in [-0.2, 0) is 9.59 Å². The molecule has 5 heteroatoms. The molecule has 0 saturated carbocycles. The van der Waals surface area contributed by atoms with Crippen molar-refractivity contribution in [3.8, 4) is 5.75 Å². The number of ether oxygens (including phenoxy) is 1. The zero-order valence-electron chi connectivity index (χ0n) is 13.3. The highest BCUT2D eigenvalue weighted by Crippen LogP contribution is 2.22. The average molecular weight is 317 g/mol. The van der Waals surface area contributed by atoms with Crippen molar-refractivity contribution in [1.29, 1.82) is 0 Å². The molecule has 0 bridgehead atoms. The Morgan fingerprint density at radius 1 is 1.22 bits per heavy atom. The van der Waals surface area contributed by atoms with Gasteiger partial charge in [-0.05, 0) is 50.3 Å². The highest BCUT2D eigenvalue weighted by atomic mass is 16.5. The molecule has 0 aliphatic heterocycles. The van der Waals surface area contributed by atoms with Gasteiger partial charge in [0.15, 0.2) is 6.61 Å². The number of hydrogen-bond acceptors (Lipinski definition) is 3. The fraction of sp³-hybridized carbons (Fsp3) is 0.444. The summed E-state index contributed by atoms with van der Waals surface area (Å²) in [7, 11) is 0. The molecule has 1 aromatic rings. The molecule has 0 saturated heterocycles. The van der Waals surface area contributed by atoms with E-state index in [1.165, 1.54) is 0 Å². The molecule has 1 aliphatic carbocycles. The minimum Gasteiger partial charge on any atom is -0.482 e. The van der Waals surface area contributed by atoms with Crippen molar-refractivity contribution in [2.24, 2.45) is 5.92 Å². The first-order valence-corrected chi connectivity index (χ1v) is 7.96. The van der Waals surface area contributed by atoms with Gasteiger partial charge < -0.3 is 15.2 Å². The maximum Gasteiger partial charge on any atom is 0.341 e. The van der Waals surface area contributed by atoms with E-state index in [1.54, 1.807) is 12.1 Å². The molecule has 1 atom stereocenters. The molecule has 2 rings (SSSR count). The fourth-order valence-electron chi connectivity index (χ4n) is 2.65. The molecule has 124 valence electrons. The van der Waals surface area contributed by atoms with Crippen molar-refractivity contribution in [3.63, 3.8) is 0 Å². The highest BCUT2D eigenvalue weighted by Gasteiger charge is 2.20. The van der Waals surface area contributed by atoms with Gasteiger partial charge in [0, 0.05) is 5.92 Å². The summed E-state index contributed by atoms with van der Waals surface area (Å²) in [6, 6.07) is 7.04. The van der Waals surface area contributed by atoms with Gasteiger partial charge >= 0.3 is 5.97 Å². The second kappa shape index (κ2) is 8.36. The number of carbonyl (C=O) groups is 2. The molecular formula is C18H23NO4. The van der Waals surface area contributed by atoms with Gasteiger partial charge in [-0.15, -0.1) is 0 Å². The van der Waals surface area contributed by atoms with Crippen LogP contribution < -0.4 is 10.1 Å². The van der Waals surface area contributed by atoms with Crippen LogP contribution in [0.25, 0.3) is 0 Å². The number of carboxylic acid groups (broad SMARTS) is 1. The lowest BCUT2D eigenvalue weighted by Gasteiger charge is -2.19. The normalized spacial score (nSPS) is 16.4. The van der Waals surface area contributed by atoms with Crippen molar-refractivity contribution in [1.82, 2.24) is 5.32 Å². The highest BCUT2D eigenvalue weighted by molar-refractivity contribution is 5.79. The summed E-state index contributed by atoms with van der Waals surface area (Å²) in [5.74, 6) is -0.324. The van der Waals surface area contributed by atoms with Gasteiger partial charge in [0.25, 0.3) is 0 Å². The van der Waals surface area contributed by atoms with Crippen molar-refractivity contribution in [2.75, 3.05) is 6.61 Å². The molecule has 0 spiro atoms. The zero-order valence-corrected chi connectivity index (χ0v) is 13.3. The molecule has 1 amide bonds. The van der Waals surface area contributed by atoms with Crippen LogP contribution >= 0.6 is 0 Å². The lowest BCUT2D eigenvalue weighted by molar-refractivity contribution is -0.139. The minimum atomic E-state index is -1.01. The third-order valence-electron chi connectivity index (χ3n) is 4.00. The van der Waals surface area contributed by atoms with E-state index in [9.17, 15) is 9.59 Å². The number of carbonyl (C=O) groups excluding carboxylic acids is 1. The first kappa shape index (κ1) is 17.1. The summed E-state index contributed by atoms with van der Waals surface area (Å²) in [6.45, 7) is 1.58. The second-order valence-electron chi connectivity index (χ2n) is 5.80. The number of aliphatic carboxylic acids is 1. The molecule has 1 aliphatic rings. The Morgan fingerprint density at radius 2 is 1.83 bits per heavy atom. The van der Waals surface area contributed by atoms with Crippen LogP contribution in [0.5, 0.6) is 5.75 Å². The standard InChI is InChI=1S/C18H23NO4/c1-13(19-18(22)15-6-4-2-3-5-7-15)14-8-10-16(11-9-14)23-12-17(20)21/h2-3,8-11,13,15H,4-7,12H2,1H3,(H,19,22)(H,20,21). The van der Waals surface area contributed by atoms with Crippen LogP contribution in [0, 0.1) is 5.92 Å². The Labute approximate surface area is 136 Å². The van der Waals surface area contributed by atoms with Gasteiger partial charge in [-0.25, -0.2) is 4.79 Å². The summed E-state index contributed by atoms with van der Waals surface area (Å²) >= 11 is 0. The Morgan fingerprint density at radius 3 is 2.39 bits per heavy atom. The monoisotopic (exact) mass is 317 g/mol. The van der Waals surface area contributed by atoms with E-state index in [-0.39, 0.29) is 24.5 Å². The van der Waals surface area contributed by atoms with Gasteiger partial charge in [-0.2, -0.15) is 0 Å². The number of amides is 1. The maximum absolute atomic E-state index is 12.4. The molecule has 5 nitrogen and oxygen atoms in total. The first-order valence-electron chi connectivity index (χ1n) is 7.96. The average Bonchev–Trinajstić information content (AvgIpc) is 2.82. The number of carboxylic acids is 1. The van der Waals surface area contributed by atoms with E-state index in [1.807, 2.05) is 19.1 Å². The molecular weight excluding hydrogens is 294 g/mol. The molecule has 23 heavy (non-hydrogen) atoms. The van der Waals surface area contributed by atoms with Crippen LogP contribution in [0.15, 0.2) is 36.4 Å². The van der Waals surface area contributed by atoms with E-state index in [4.69, 9.17) is 9.84 Å². The first-order chi connectivity index (χ1) is 11.1. The van der Waals surface area contributed by atoms with Crippen molar-refractivity contribution < 1.29 is 19.4 Å². The lowest BCUT2D eigenvalue weighted by atomic mass is 9.98. The zero-order chi connectivity index (χ0) is 16.7. The van der Waals surface area contributed by atoms with Gasteiger partial charge in [0.05, 0.1) is 6.04 Å². The summed E-state index contributed by atoms with van der Waals surface area (Å²) in [5, 5.41) is 11.6. The molecule has 2 N–H and O–H groups in total. The van der Waals surface area contributed by atoms with Crippen LogP contribution in [0.4, 0.5) is 0 Å². The molecule has 0 fully saturated rings. The summed E-state index contributed by atoms with van der Waals surface area (Å²) < 4.78 is 5.10. The Bertz CT molecular complexity index is 555. The van der Waals surface area contributed by atoms with E-state index >= 15 is 0 Å². The SMILES string of the molecule is CC(NC(=O)C1CCC=CCC1)c1ccc(OCC(=O)O)cc1. The van der Waals surface area contributed by atoms with Gasteiger partial charge in [0.2, 0.25) is 5.91 Å². The third-order valence-corrected chi connectivity index (χ3v) is 4.00. The van der Waals surface area contributed by atoms with Crippen molar-refractivity contribution >= 4 is 11.9 Å². The molecule has 0 radical (unpaired) electrons. The lowest BCUT2D eigenvalue weighted by Crippen LogP contribution is -2.32. The minimum absolute atomic E-state index is 0.0747. The van der Waals surface area contributed by atoms with E-state index in [0.29, 0.717) is 5.75 Å².